The van der Waals surface area contributed by atoms with E-state index in [1.165, 1.54) is 6.33 Å². The molecule has 7 nitrogen and oxygen atoms in total. The first kappa shape index (κ1) is 17.9. The van der Waals surface area contributed by atoms with Gasteiger partial charge >= 0.3 is 0 Å². The third-order valence-electron chi connectivity index (χ3n) is 4.02. The van der Waals surface area contributed by atoms with Gasteiger partial charge in [0.2, 0.25) is 0 Å². The van der Waals surface area contributed by atoms with E-state index in [4.69, 9.17) is 4.74 Å². The molecule has 0 aliphatic carbocycles. The molecule has 134 valence electrons. The average Bonchev–Trinajstić information content (AvgIpc) is 2.61. The standard InChI is InChI=1S/C17H24N5O2P/c1-25(2,23)15-5-3-14(4-6-15)21-17-11-16(18-12-19-17)20-13-22-7-9-24-10-8-22/h3-6,11-12H,7-10,13H2,1-2H3,(H2,18,19,20,21). The van der Waals surface area contributed by atoms with Crippen molar-refractivity contribution in [3.63, 3.8) is 0 Å². The minimum Gasteiger partial charge on any atom is -0.379 e. The largest absolute Gasteiger partial charge is 0.379 e. The van der Waals surface area contributed by atoms with Crippen LogP contribution < -0.4 is 15.9 Å². The predicted octanol–water partition coefficient (Wildman–Crippen LogP) is 2.17. The summed E-state index contributed by atoms with van der Waals surface area (Å²) in [4.78, 5) is 10.8. The van der Waals surface area contributed by atoms with Crippen molar-refractivity contribution in [3.8, 4) is 0 Å². The number of hydrogen-bond acceptors (Lipinski definition) is 7. The first-order valence-corrected chi connectivity index (χ1v) is 10.9. The molecule has 1 aliphatic heterocycles. The Balaban J connectivity index is 1.60. The number of rotatable bonds is 6. The van der Waals surface area contributed by atoms with E-state index in [0.29, 0.717) is 5.82 Å². The van der Waals surface area contributed by atoms with Gasteiger partial charge < -0.3 is 19.9 Å². The summed E-state index contributed by atoms with van der Waals surface area (Å²) in [5, 5.41) is 7.43. The number of aromatic nitrogens is 2. The fourth-order valence-electron chi connectivity index (χ4n) is 2.53. The summed E-state index contributed by atoms with van der Waals surface area (Å²) >= 11 is 0. The summed E-state index contributed by atoms with van der Waals surface area (Å²) in [6.07, 6.45) is 1.53. The highest BCUT2D eigenvalue weighted by Crippen LogP contribution is 2.34. The van der Waals surface area contributed by atoms with Crippen molar-refractivity contribution < 1.29 is 9.30 Å². The summed E-state index contributed by atoms with van der Waals surface area (Å²) in [5.41, 5.74) is 0.898. The lowest BCUT2D eigenvalue weighted by molar-refractivity contribution is 0.0414. The molecule has 2 aromatic rings. The van der Waals surface area contributed by atoms with Gasteiger partial charge in [-0.05, 0) is 37.6 Å². The van der Waals surface area contributed by atoms with Crippen molar-refractivity contribution in [2.24, 2.45) is 0 Å². The van der Waals surface area contributed by atoms with Crippen LogP contribution in [0.25, 0.3) is 0 Å². The van der Waals surface area contributed by atoms with Crippen molar-refractivity contribution in [3.05, 3.63) is 36.7 Å². The zero-order chi connectivity index (χ0) is 17.7. The fourth-order valence-corrected chi connectivity index (χ4v) is 3.39. The number of ether oxygens (including phenoxy) is 1. The van der Waals surface area contributed by atoms with Crippen LogP contribution in [0, 0.1) is 0 Å². The first-order chi connectivity index (χ1) is 12.0. The Labute approximate surface area is 148 Å². The summed E-state index contributed by atoms with van der Waals surface area (Å²) in [7, 11) is -2.23. The maximum Gasteiger partial charge on any atom is 0.135 e. The molecule has 0 radical (unpaired) electrons. The predicted molar refractivity (Wildman–Crippen MR) is 102 cm³/mol. The van der Waals surface area contributed by atoms with Crippen LogP contribution in [0.3, 0.4) is 0 Å². The highest BCUT2D eigenvalue weighted by molar-refractivity contribution is 7.70. The molecule has 0 spiro atoms. The Morgan fingerprint density at radius 1 is 1.12 bits per heavy atom. The molecule has 25 heavy (non-hydrogen) atoms. The second-order valence-corrected chi connectivity index (χ2v) is 9.59. The molecule has 1 aromatic carbocycles. The number of hydrogen-bond donors (Lipinski definition) is 2. The van der Waals surface area contributed by atoms with E-state index in [1.807, 2.05) is 30.3 Å². The molecule has 0 unspecified atom stereocenters. The van der Waals surface area contributed by atoms with E-state index in [-0.39, 0.29) is 0 Å². The fraction of sp³-hybridized carbons (Fsp3) is 0.412. The number of nitrogens with zero attached hydrogens (tertiary/aromatic N) is 3. The Morgan fingerprint density at radius 2 is 1.80 bits per heavy atom. The van der Waals surface area contributed by atoms with Crippen LogP contribution in [-0.2, 0) is 9.30 Å². The van der Waals surface area contributed by atoms with Gasteiger partial charge in [0, 0.05) is 30.1 Å². The van der Waals surface area contributed by atoms with Gasteiger partial charge in [0.25, 0.3) is 0 Å². The molecular weight excluding hydrogens is 337 g/mol. The molecule has 2 N–H and O–H groups in total. The van der Waals surface area contributed by atoms with E-state index in [2.05, 4.69) is 25.5 Å². The van der Waals surface area contributed by atoms with Crippen LogP contribution in [0.2, 0.25) is 0 Å². The zero-order valence-electron chi connectivity index (χ0n) is 14.6. The number of anilines is 3. The van der Waals surface area contributed by atoms with Crippen LogP contribution >= 0.6 is 7.14 Å². The summed E-state index contributed by atoms with van der Waals surface area (Å²) in [6, 6.07) is 9.48. The lowest BCUT2D eigenvalue weighted by atomic mass is 10.3. The van der Waals surface area contributed by atoms with Gasteiger partial charge in [-0.3, -0.25) is 4.90 Å². The molecule has 0 amide bonds. The van der Waals surface area contributed by atoms with Crippen LogP contribution in [0.15, 0.2) is 36.7 Å². The second kappa shape index (κ2) is 7.95. The summed E-state index contributed by atoms with van der Waals surface area (Å²) < 4.78 is 17.4. The lowest BCUT2D eigenvalue weighted by Gasteiger charge is -2.26. The van der Waals surface area contributed by atoms with Crippen molar-refractivity contribution >= 4 is 29.8 Å². The Morgan fingerprint density at radius 3 is 2.48 bits per heavy atom. The van der Waals surface area contributed by atoms with Crippen LogP contribution in [0.5, 0.6) is 0 Å². The zero-order valence-corrected chi connectivity index (χ0v) is 15.5. The number of nitrogens with one attached hydrogen (secondary N) is 2. The first-order valence-electron chi connectivity index (χ1n) is 8.29. The maximum absolute atomic E-state index is 12.1. The van der Waals surface area contributed by atoms with Gasteiger partial charge in [-0.1, -0.05) is 0 Å². The third kappa shape index (κ3) is 5.26. The Hall–Kier alpha value is -1.95. The second-order valence-electron chi connectivity index (χ2n) is 6.38. The summed E-state index contributed by atoms with van der Waals surface area (Å²) in [5.74, 6) is 1.48. The molecule has 0 atom stereocenters. The van der Waals surface area contributed by atoms with Crippen LogP contribution in [-0.4, -0.2) is 61.2 Å². The topological polar surface area (TPSA) is 79.4 Å². The van der Waals surface area contributed by atoms with Crippen LogP contribution in [0.1, 0.15) is 0 Å². The van der Waals surface area contributed by atoms with Crippen molar-refractivity contribution in [2.75, 3.05) is 56.9 Å². The monoisotopic (exact) mass is 361 g/mol. The van der Waals surface area contributed by atoms with Gasteiger partial charge in [0.05, 0.1) is 19.9 Å². The van der Waals surface area contributed by atoms with E-state index >= 15 is 0 Å². The van der Waals surface area contributed by atoms with Crippen molar-refractivity contribution in [2.45, 2.75) is 0 Å². The lowest BCUT2D eigenvalue weighted by Crippen LogP contribution is -2.39. The summed E-state index contributed by atoms with van der Waals surface area (Å²) in [6.45, 7) is 7.67. The number of benzene rings is 1. The SMILES string of the molecule is CP(C)(=O)c1ccc(Nc2cc(NCN3CCOCC3)ncn2)cc1. The molecule has 1 saturated heterocycles. The maximum atomic E-state index is 12.1. The number of morpholine rings is 1. The van der Waals surface area contributed by atoms with Gasteiger partial charge in [0.1, 0.15) is 25.1 Å². The van der Waals surface area contributed by atoms with Crippen molar-refractivity contribution in [1.29, 1.82) is 0 Å². The average molecular weight is 361 g/mol. The molecule has 0 bridgehead atoms. The van der Waals surface area contributed by atoms with Gasteiger partial charge in [-0.15, -0.1) is 0 Å². The minimum absolute atomic E-state index is 0.711. The molecule has 1 fully saturated rings. The molecule has 0 saturated carbocycles. The smallest absolute Gasteiger partial charge is 0.135 e. The van der Waals surface area contributed by atoms with E-state index in [1.54, 1.807) is 13.3 Å². The van der Waals surface area contributed by atoms with E-state index in [0.717, 1.165) is 49.8 Å². The van der Waals surface area contributed by atoms with Gasteiger partial charge in [-0.25, -0.2) is 9.97 Å². The normalized spacial score (nSPS) is 15.8. The van der Waals surface area contributed by atoms with E-state index < -0.39 is 7.14 Å². The van der Waals surface area contributed by atoms with Gasteiger partial charge in [-0.2, -0.15) is 0 Å². The quantitative estimate of drug-likeness (QED) is 0.764. The molecule has 8 heteroatoms. The van der Waals surface area contributed by atoms with E-state index in [9.17, 15) is 4.57 Å². The van der Waals surface area contributed by atoms with Crippen LogP contribution in [0.4, 0.5) is 17.3 Å². The highest BCUT2D eigenvalue weighted by atomic mass is 31.2. The molecule has 3 rings (SSSR count). The molecule has 1 aromatic heterocycles. The van der Waals surface area contributed by atoms with Gasteiger partial charge in [0.15, 0.2) is 0 Å². The third-order valence-corrected chi connectivity index (χ3v) is 5.56. The Kier molecular flexibility index (Phi) is 5.68. The highest BCUT2D eigenvalue weighted by Gasteiger charge is 2.11. The molecule has 2 heterocycles. The molecular formula is C17H24N5O2P. The Bertz CT molecular complexity index is 741. The minimum atomic E-state index is -2.23. The molecule has 1 aliphatic rings. The van der Waals surface area contributed by atoms with Crippen molar-refractivity contribution in [1.82, 2.24) is 14.9 Å².